The van der Waals surface area contributed by atoms with E-state index in [9.17, 15) is 9.59 Å². The zero-order valence-corrected chi connectivity index (χ0v) is 14.4. The van der Waals surface area contributed by atoms with E-state index in [1.165, 1.54) is 0 Å². The monoisotopic (exact) mass is 362 g/mol. The number of amides is 2. The Kier molecular flexibility index (Phi) is 5.07. The van der Waals surface area contributed by atoms with Crippen molar-refractivity contribution in [2.45, 2.75) is 12.8 Å². The Balaban J connectivity index is 1.93. The Morgan fingerprint density at radius 1 is 1.08 bits per heavy atom. The molecule has 0 N–H and O–H groups in total. The Hall–Kier alpha value is -2.04. The second kappa shape index (κ2) is 7.24. The first-order valence-electron chi connectivity index (χ1n) is 7.65. The summed E-state index contributed by atoms with van der Waals surface area (Å²) in [6, 6.07) is 13.7. The molecule has 4 nitrogen and oxygen atoms in total. The van der Waals surface area contributed by atoms with Crippen LogP contribution in [0.1, 0.15) is 23.2 Å². The van der Waals surface area contributed by atoms with Gasteiger partial charge in [0.2, 0.25) is 5.91 Å². The molecule has 0 saturated carbocycles. The van der Waals surface area contributed by atoms with Gasteiger partial charge in [0.1, 0.15) is 6.67 Å². The van der Waals surface area contributed by atoms with Crippen LogP contribution in [-0.2, 0) is 4.79 Å². The van der Waals surface area contributed by atoms with Crippen LogP contribution in [0.25, 0.3) is 0 Å². The summed E-state index contributed by atoms with van der Waals surface area (Å²) in [6.45, 7) is 0.866. The van der Waals surface area contributed by atoms with Gasteiger partial charge in [-0.3, -0.25) is 14.5 Å². The van der Waals surface area contributed by atoms with Gasteiger partial charge in [0.15, 0.2) is 0 Å². The van der Waals surface area contributed by atoms with Gasteiger partial charge in [-0.1, -0.05) is 29.3 Å². The summed E-state index contributed by atoms with van der Waals surface area (Å²) in [5, 5.41) is 1.10. The van der Waals surface area contributed by atoms with E-state index in [4.69, 9.17) is 23.2 Å². The van der Waals surface area contributed by atoms with Gasteiger partial charge >= 0.3 is 0 Å². The molecule has 2 amide bonds. The predicted octanol–water partition coefficient (Wildman–Crippen LogP) is 4.22. The van der Waals surface area contributed by atoms with Gasteiger partial charge in [-0.25, -0.2) is 0 Å². The molecule has 1 aliphatic rings. The normalized spacial score (nSPS) is 14.1. The Morgan fingerprint density at radius 2 is 1.83 bits per heavy atom. The van der Waals surface area contributed by atoms with Crippen molar-refractivity contribution >= 4 is 40.7 Å². The maximum absolute atomic E-state index is 13.0. The van der Waals surface area contributed by atoms with Crippen molar-refractivity contribution in [1.82, 2.24) is 4.90 Å². The molecular formula is C18H16Cl2N2O2. The molecule has 0 aliphatic carbocycles. The number of rotatable bonds is 4. The lowest BCUT2D eigenvalue weighted by Crippen LogP contribution is -2.42. The topological polar surface area (TPSA) is 40.6 Å². The van der Waals surface area contributed by atoms with Crippen molar-refractivity contribution in [1.29, 1.82) is 0 Å². The van der Waals surface area contributed by atoms with Crippen molar-refractivity contribution < 1.29 is 9.59 Å². The number of benzene rings is 2. The van der Waals surface area contributed by atoms with Gasteiger partial charge in [-0.15, -0.1) is 0 Å². The summed E-state index contributed by atoms with van der Waals surface area (Å²) >= 11 is 12.0. The molecule has 0 atom stereocenters. The lowest BCUT2D eigenvalue weighted by molar-refractivity contribution is -0.127. The molecule has 1 aliphatic heterocycles. The second-order valence-corrected chi connectivity index (χ2v) is 6.49. The molecule has 0 aromatic heterocycles. The summed E-state index contributed by atoms with van der Waals surface area (Å²) in [6.07, 6.45) is 1.34. The molecule has 2 aromatic rings. The van der Waals surface area contributed by atoms with Crippen LogP contribution in [0.2, 0.25) is 10.0 Å². The first kappa shape index (κ1) is 16.8. The quantitative estimate of drug-likeness (QED) is 0.816. The minimum atomic E-state index is -0.200. The molecule has 1 fully saturated rings. The van der Waals surface area contributed by atoms with E-state index in [-0.39, 0.29) is 18.5 Å². The zero-order valence-electron chi connectivity index (χ0n) is 12.9. The van der Waals surface area contributed by atoms with E-state index in [1.54, 1.807) is 58.3 Å². The van der Waals surface area contributed by atoms with Crippen molar-refractivity contribution in [2.24, 2.45) is 0 Å². The minimum Gasteiger partial charge on any atom is -0.324 e. The summed E-state index contributed by atoms with van der Waals surface area (Å²) in [4.78, 5) is 28.2. The fourth-order valence-corrected chi connectivity index (χ4v) is 2.99. The van der Waals surface area contributed by atoms with Crippen molar-refractivity contribution in [3.8, 4) is 0 Å². The fraction of sp³-hybridized carbons (Fsp3) is 0.222. The number of hydrogen-bond donors (Lipinski definition) is 0. The molecule has 124 valence electrons. The SMILES string of the molecule is O=C1CCCN1CN(C(=O)c1ccc(Cl)cc1)c1cccc(Cl)c1. The predicted molar refractivity (Wildman–Crippen MR) is 95.5 cm³/mol. The third-order valence-electron chi connectivity index (χ3n) is 3.94. The minimum absolute atomic E-state index is 0.0611. The van der Waals surface area contributed by atoms with Crippen molar-refractivity contribution in [3.63, 3.8) is 0 Å². The van der Waals surface area contributed by atoms with Crippen molar-refractivity contribution in [3.05, 3.63) is 64.1 Å². The first-order valence-corrected chi connectivity index (χ1v) is 8.41. The summed E-state index contributed by atoms with van der Waals surface area (Å²) < 4.78 is 0. The highest BCUT2D eigenvalue weighted by Gasteiger charge is 2.26. The molecular weight excluding hydrogens is 347 g/mol. The molecule has 6 heteroatoms. The van der Waals surface area contributed by atoms with Crippen LogP contribution in [-0.4, -0.2) is 29.9 Å². The lowest BCUT2D eigenvalue weighted by atomic mass is 10.2. The Morgan fingerprint density at radius 3 is 2.46 bits per heavy atom. The average molecular weight is 363 g/mol. The summed E-state index contributed by atoms with van der Waals surface area (Å²) in [5.41, 5.74) is 1.16. The molecule has 0 spiro atoms. The summed E-state index contributed by atoms with van der Waals surface area (Å²) in [5.74, 6) is -0.139. The fourth-order valence-electron chi connectivity index (χ4n) is 2.68. The lowest BCUT2D eigenvalue weighted by Gasteiger charge is -2.28. The van der Waals surface area contributed by atoms with Crippen LogP contribution >= 0.6 is 23.2 Å². The zero-order chi connectivity index (χ0) is 17.1. The number of carbonyl (C=O) groups is 2. The van der Waals surface area contributed by atoms with Crippen LogP contribution < -0.4 is 4.90 Å². The third-order valence-corrected chi connectivity index (χ3v) is 4.43. The van der Waals surface area contributed by atoms with E-state index in [0.29, 0.717) is 34.3 Å². The van der Waals surface area contributed by atoms with Crippen LogP contribution in [0.4, 0.5) is 5.69 Å². The number of hydrogen-bond acceptors (Lipinski definition) is 2. The van der Waals surface area contributed by atoms with E-state index in [1.807, 2.05) is 0 Å². The second-order valence-electron chi connectivity index (χ2n) is 5.62. The first-order chi connectivity index (χ1) is 11.5. The third kappa shape index (κ3) is 3.71. The maximum Gasteiger partial charge on any atom is 0.259 e. The molecule has 3 rings (SSSR count). The largest absolute Gasteiger partial charge is 0.324 e. The highest BCUT2D eigenvalue weighted by Crippen LogP contribution is 2.23. The molecule has 1 saturated heterocycles. The van der Waals surface area contributed by atoms with Crippen LogP contribution in [0.3, 0.4) is 0 Å². The number of halogens is 2. The Labute approximate surface area is 150 Å². The molecule has 0 radical (unpaired) electrons. The maximum atomic E-state index is 13.0. The standard InChI is InChI=1S/C18H16Cl2N2O2/c19-14-8-6-13(7-9-14)18(24)22(12-21-10-2-5-17(21)23)16-4-1-3-15(20)11-16/h1,3-4,6-9,11H,2,5,10,12H2. The number of likely N-dealkylation sites (tertiary alicyclic amines) is 1. The van der Waals surface area contributed by atoms with Gasteiger partial charge in [-0.05, 0) is 48.9 Å². The summed E-state index contributed by atoms with van der Waals surface area (Å²) in [7, 11) is 0. The highest BCUT2D eigenvalue weighted by molar-refractivity contribution is 6.31. The van der Waals surface area contributed by atoms with Gasteiger partial charge in [0.25, 0.3) is 5.91 Å². The van der Waals surface area contributed by atoms with E-state index in [2.05, 4.69) is 0 Å². The number of anilines is 1. The molecule has 0 unspecified atom stereocenters. The van der Waals surface area contributed by atoms with E-state index >= 15 is 0 Å². The van der Waals surface area contributed by atoms with Gasteiger partial charge in [0, 0.05) is 34.3 Å². The highest BCUT2D eigenvalue weighted by atomic mass is 35.5. The average Bonchev–Trinajstić information content (AvgIpc) is 2.97. The van der Waals surface area contributed by atoms with Gasteiger partial charge < -0.3 is 4.90 Å². The Bertz CT molecular complexity index is 762. The van der Waals surface area contributed by atoms with Gasteiger partial charge in [0.05, 0.1) is 0 Å². The number of carbonyl (C=O) groups excluding carboxylic acids is 2. The van der Waals surface area contributed by atoms with E-state index in [0.717, 1.165) is 6.42 Å². The van der Waals surface area contributed by atoms with Crippen LogP contribution in [0.5, 0.6) is 0 Å². The van der Waals surface area contributed by atoms with Crippen molar-refractivity contribution in [2.75, 3.05) is 18.1 Å². The molecule has 1 heterocycles. The van der Waals surface area contributed by atoms with E-state index < -0.39 is 0 Å². The number of nitrogens with zero attached hydrogens (tertiary/aromatic N) is 2. The molecule has 0 bridgehead atoms. The molecule has 2 aromatic carbocycles. The smallest absolute Gasteiger partial charge is 0.259 e. The van der Waals surface area contributed by atoms with Crippen LogP contribution in [0, 0.1) is 0 Å². The van der Waals surface area contributed by atoms with Gasteiger partial charge in [-0.2, -0.15) is 0 Å². The molecule has 24 heavy (non-hydrogen) atoms. The van der Waals surface area contributed by atoms with Crippen LogP contribution in [0.15, 0.2) is 48.5 Å².